The molecule has 0 aliphatic rings. The number of aromatic amines is 2. The van der Waals surface area contributed by atoms with E-state index in [1.807, 2.05) is 14.0 Å². The first-order valence-corrected chi connectivity index (χ1v) is 3.71. The second kappa shape index (κ2) is 1.94. The number of aryl methyl sites for hydroxylation is 2. The number of nitrogens with one attached hydrogen (secondary N) is 2. The van der Waals surface area contributed by atoms with Gasteiger partial charge < -0.3 is 9.97 Å². The van der Waals surface area contributed by atoms with Gasteiger partial charge >= 0.3 is 0 Å². The van der Waals surface area contributed by atoms with Crippen LogP contribution in [0.25, 0.3) is 11.2 Å². The van der Waals surface area contributed by atoms with Crippen molar-refractivity contribution in [1.82, 2.24) is 19.7 Å². The zero-order chi connectivity index (χ0) is 8.01. The Morgan fingerprint density at radius 2 is 2.18 bits per heavy atom. The minimum atomic E-state index is 0.649. The summed E-state index contributed by atoms with van der Waals surface area (Å²) in [5.74, 6) is 0. The summed E-state index contributed by atoms with van der Waals surface area (Å²) in [7, 11) is 1.88. The van der Waals surface area contributed by atoms with Gasteiger partial charge in [-0.3, -0.25) is 4.68 Å². The summed E-state index contributed by atoms with van der Waals surface area (Å²) in [6.45, 7) is 1.95. The number of nitrogens with zero attached hydrogens (tertiary/aromatic N) is 2. The van der Waals surface area contributed by atoms with Crippen LogP contribution in [0.5, 0.6) is 0 Å². The van der Waals surface area contributed by atoms with Gasteiger partial charge in [-0.2, -0.15) is 5.10 Å². The fourth-order valence-corrected chi connectivity index (χ4v) is 1.40. The smallest absolute Gasteiger partial charge is 0.176 e. The van der Waals surface area contributed by atoms with Crippen LogP contribution in [0.4, 0.5) is 0 Å². The topological polar surface area (TPSA) is 49.4 Å². The van der Waals surface area contributed by atoms with Gasteiger partial charge in [-0.1, -0.05) is 0 Å². The van der Waals surface area contributed by atoms with Crippen molar-refractivity contribution < 1.29 is 0 Å². The van der Waals surface area contributed by atoms with E-state index >= 15 is 0 Å². The highest BCUT2D eigenvalue weighted by Gasteiger charge is 2.05. The Balaban J connectivity index is 3.03. The molecule has 58 valence electrons. The Kier molecular flexibility index (Phi) is 1.17. The van der Waals surface area contributed by atoms with Crippen molar-refractivity contribution in [2.45, 2.75) is 6.92 Å². The molecule has 0 atom stereocenters. The quantitative estimate of drug-likeness (QED) is 0.582. The van der Waals surface area contributed by atoms with Gasteiger partial charge in [0.15, 0.2) is 10.4 Å². The van der Waals surface area contributed by atoms with Crippen molar-refractivity contribution in [3.05, 3.63) is 10.5 Å². The lowest BCUT2D eigenvalue weighted by atomic mass is 10.4. The minimum absolute atomic E-state index is 0.649. The lowest BCUT2D eigenvalue weighted by Crippen LogP contribution is -1.90. The Hall–Kier alpha value is -1.10. The Bertz CT molecular complexity index is 409. The van der Waals surface area contributed by atoms with E-state index in [9.17, 15) is 0 Å². The maximum atomic E-state index is 4.93. The van der Waals surface area contributed by atoms with Crippen molar-refractivity contribution >= 4 is 23.4 Å². The molecule has 0 saturated carbocycles. The largest absolute Gasteiger partial charge is 0.328 e. The Morgan fingerprint density at radius 1 is 1.45 bits per heavy atom. The molecule has 0 aliphatic heterocycles. The fourth-order valence-electron chi connectivity index (χ4n) is 1.20. The summed E-state index contributed by atoms with van der Waals surface area (Å²) < 4.78 is 2.42. The van der Waals surface area contributed by atoms with Crippen molar-refractivity contribution in [3.63, 3.8) is 0 Å². The molecule has 0 amide bonds. The van der Waals surface area contributed by atoms with Gasteiger partial charge in [-0.15, -0.1) is 0 Å². The summed E-state index contributed by atoms with van der Waals surface area (Å²) in [5, 5.41) is 4.20. The predicted octanol–water partition coefficient (Wildman–Crippen LogP) is 1.27. The summed E-state index contributed by atoms with van der Waals surface area (Å²) in [5.41, 5.74) is 2.92. The molecule has 11 heavy (non-hydrogen) atoms. The van der Waals surface area contributed by atoms with Gasteiger partial charge in [0.1, 0.15) is 5.52 Å². The van der Waals surface area contributed by atoms with Gasteiger partial charge in [0, 0.05) is 7.05 Å². The number of H-pyrrole nitrogens is 2. The molecule has 0 radical (unpaired) electrons. The number of hydrogen-bond donors (Lipinski definition) is 2. The molecule has 2 rings (SSSR count). The molecule has 0 bridgehead atoms. The molecule has 4 nitrogen and oxygen atoms in total. The molecule has 5 heteroatoms. The van der Waals surface area contributed by atoms with E-state index in [4.69, 9.17) is 12.2 Å². The first-order valence-electron chi connectivity index (χ1n) is 3.30. The Labute approximate surface area is 68.2 Å². The maximum absolute atomic E-state index is 4.93. The molecular weight excluding hydrogens is 160 g/mol. The second-order valence-electron chi connectivity index (χ2n) is 2.51. The van der Waals surface area contributed by atoms with Crippen molar-refractivity contribution in [2.24, 2.45) is 7.05 Å². The number of rotatable bonds is 0. The zero-order valence-electron chi connectivity index (χ0n) is 6.30. The lowest BCUT2D eigenvalue weighted by Gasteiger charge is -1.84. The molecule has 2 heterocycles. The zero-order valence-corrected chi connectivity index (χ0v) is 7.12. The number of hydrogen-bond acceptors (Lipinski definition) is 2. The summed E-state index contributed by atoms with van der Waals surface area (Å²) in [6, 6.07) is 0. The summed E-state index contributed by atoms with van der Waals surface area (Å²) in [6.07, 6.45) is 0. The van der Waals surface area contributed by atoms with Gasteiger partial charge in [0.05, 0.1) is 5.69 Å². The average molecular weight is 168 g/mol. The molecule has 2 aromatic rings. The molecular formula is C6H8N4S. The van der Waals surface area contributed by atoms with Crippen LogP contribution in [0.15, 0.2) is 0 Å². The maximum Gasteiger partial charge on any atom is 0.176 e. The molecule has 0 fully saturated rings. The summed E-state index contributed by atoms with van der Waals surface area (Å²) in [4.78, 5) is 6.03. The van der Waals surface area contributed by atoms with Crippen molar-refractivity contribution in [3.8, 4) is 0 Å². The number of fused-ring (bicyclic) bond motifs is 1. The van der Waals surface area contributed by atoms with Crippen LogP contribution in [-0.4, -0.2) is 19.7 Å². The molecule has 0 aromatic carbocycles. The highest BCUT2D eigenvalue weighted by atomic mass is 32.1. The third kappa shape index (κ3) is 0.808. The average Bonchev–Trinajstić information content (AvgIpc) is 2.38. The molecule has 2 N–H and O–H groups in total. The third-order valence-electron chi connectivity index (χ3n) is 1.69. The van der Waals surface area contributed by atoms with Crippen molar-refractivity contribution in [2.75, 3.05) is 0 Å². The van der Waals surface area contributed by atoms with Crippen LogP contribution in [0.1, 0.15) is 5.69 Å². The van der Waals surface area contributed by atoms with Crippen molar-refractivity contribution in [1.29, 1.82) is 0 Å². The first-order chi connectivity index (χ1) is 5.18. The van der Waals surface area contributed by atoms with Gasteiger partial charge in [-0.05, 0) is 19.1 Å². The van der Waals surface area contributed by atoms with Crippen LogP contribution in [0, 0.1) is 11.7 Å². The van der Waals surface area contributed by atoms with E-state index in [1.54, 1.807) is 4.68 Å². The molecule has 0 saturated heterocycles. The third-order valence-corrected chi connectivity index (χ3v) is 1.90. The lowest BCUT2D eigenvalue weighted by molar-refractivity contribution is 0.772. The monoisotopic (exact) mass is 168 g/mol. The normalized spacial score (nSPS) is 11.1. The molecule has 2 aromatic heterocycles. The number of imidazole rings is 1. The summed E-state index contributed by atoms with van der Waals surface area (Å²) >= 11 is 4.93. The Morgan fingerprint density at radius 3 is 2.82 bits per heavy atom. The van der Waals surface area contributed by atoms with Gasteiger partial charge in [0.2, 0.25) is 0 Å². The van der Waals surface area contributed by atoms with Gasteiger partial charge in [-0.25, -0.2) is 0 Å². The van der Waals surface area contributed by atoms with Crippen LogP contribution in [-0.2, 0) is 7.05 Å². The highest BCUT2D eigenvalue weighted by Crippen LogP contribution is 2.11. The van der Waals surface area contributed by atoms with E-state index in [2.05, 4.69) is 15.1 Å². The van der Waals surface area contributed by atoms with E-state index < -0.39 is 0 Å². The SMILES string of the molecule is Cc1nn(C)c2[nH]c(=S)[nH]c12. The van der Waals surface area contributed by atoms with E-state index in [0.717, 1.165) is 16.9 Å². The van der Waals surface area contributed by atoms with Crippen LogP contribution >= 0.6 is 12.2 Å². The molecule has 0 spiro atoms. The van der Waals surface area contributed by atoms with Crippen LogP contribution in [0.3, 0.4) is 0 Å². The van der Waals surface area contributed by atoms with Crippen LogP contribution in [0.2, 0.25) is 0 Å². The van der Waals surface area contributed by atoms with E-state index in [1.165, 1.54) is 0 Å². The minimum Gasteiger partial charge on any atom is -0.328 e. The van der Waals surface area contributed by atoms with E-state index in [0.29, 0.717) is 4.77 Å². The first kappa shape index (κ1) is 6.60. The molecule has 0 unspecified atom stereocenters. The van der Waals surface area contributed by atoms with Crippen LogP contribution < -0.4 is 0 Å². The van der Waals surface area contributed by atoms with Gasteiger partial charge in [0.25, 0.3) is 0 Å². The number of aromatic nitrogens is 4. The molecule has 0 aliphatic carbocycles. The predicted molar refractivity (Wildman–Crippen MR) is 45.0 cm³/mol. The standard InChI is InChI=1S/C6H8N4S/c1-3-4-5(10(2)9-3)8-6(11)7-4/h1-2H3,(H2,7,8,11). The highest BCUT2D eigenvalue weighted by molar-refractivity contribution is 7.71. The second-order valence-corrected chi connectivity index (χ2v) is 2.92. The van der Waals surface area contributed by atoms with E-state index in [-0.39, 0.29) is 0 Å². The fraction of sp³-hybridized carbons (Fsp3) is 0.333.